The number of fused-ring (bicyclic) bond motifs is 1. The van der Waals surface area contributed by atoms with Crippen molar-refractivity contribution in [2.24, 2.45) is 0 Å². The van der Waals surface area contributed by atoms with Gasteiger partial charge in [-0.15, -0.1) is 11.3 Å². The number of aryl methyl sites for hydroxylation is 2. The van der Waals surface area contributed by atoms with Gasteiger partial charge in [0.05, 0.1) is 12.2 Å². The molecule has 120 valence electrons. The molecule has 1 aromatic heterocycles. The van der Waals surface area contributed by atoms with Gasteiger partial charge in [0.2, 0.25) is 5.91 Å². The van der Waals surface area contributed by atoms with Gasteiger partial charge in [0, 0.05) is 25.5 Å². The fourth-order valence-corrected chi connectivity index (χ4v) is 4.17. The predicted octanol–water partition coefficient (Wildman–Crippen LogP) is 1.39. The van der Waals surface area contributed by atoms with Crippen LogP contribution in [0.15, 0.2) is 0 Å². The summed E-state index contributed by atoms with van der Waals surface area (Å²) in [5.74, 6) is -0.00790. The molecule has 3 rings (SSSR count). The topological polar surface area (TPSA) is 65.5 Å². The van der Waals surface area contributed by atoms with Crippen LogP contribution in [0.5, 0.6) is 0 Å². The van der Waals surface area contributed by atoms with Crippen LogP contribution in [0.3, 0.4) is 0 Å². The van der Waals surface area contributed by atoms with Gasteiger partial charge in [-0.2, -0.15) is 0 Å². The number of likely N-dealkylation sites (tertiary alicyclic amines) is 1. The van der Waals surface area contributed by atoms with Crippen molar-refractivity contribution in [1.82, 2.24) is 20.1 Å². The monoisotopic (exact) mass is 322 g/mol. The van der Waals surface area contributed by atoms with Crippen LogP contribution in [0.4, 0.5) is 4.79 Å². The largest absolute Gasteiger partial charge is 0.344 e. The molecule has 1 fully saturated rings. The quantitative estimate of drug-likeness (QED) is 0.915. The number of urea groups is 1. The van der Waals surface area contributed by atoms with E-state index in [0.717, 1.165) is 17.8 Å². The molecule has 0 bridgehead atoms. The van der Waals surface area contributed by atoms with Crippen LogP contribution in [0.2, 0.25) is 0 Å². The zero-order valence-electron chi connectivity index (χ0n) is 13.1. The second-order valence-electron chi connectivity index (χ2n) is 6.09. The first-order valence-electron chi connectivity index (χ1n) is 7.78. The Hall–Kier alpha value is -1.63. The standard InChI is InChI=1S/C15H22N4O2S/c1-18-8-7-11(14(18)20)17-15(21)19(2)9-13-16-10-5-3-4-6-12(10)22-13/h11H,3-9H2,1-2H3,(H,17,21). The first kappa shape index (κ1) is 15.3. The van der Waals surface area contributed by atoms with Crippen molar-refractivity contribution in [3.8, 4) is 0 Å². The van der Waals surface area contributed by atoms with Crippen molar-refractivity contribution in [3.63, 3.8) is 0 Å². The second-order valence-corrected chi connectivity index (χ2v) is 7.26. The molecule has 1 saturated heterocycles. The summed E-state index contributed by atoms with van der Waals surface area (Å²) in [5.41, 5.74) is 1.22. The first-order valence-corrected chi connectivity index (χ1v) is 8.60. The Labute approximate surface area is 134 Å². The zero-order valence-corrected chi connectivity index (χ0v) is 13.9. The summed E-state index contributed by atoms with van der Waals surface area (Å²) >= 11 is 1.72. The highest BCUT2D eigenvalue weighted by Crippen LogP contribution is 2.27. The van der Waals surface area contributed by atoms with Gasteiger partial charge in [0.15, 0.2) is 0 Å². The average Bonchev–Trinajstić information content (AvgIpc) is 3.04. The highest BCUT2D eigenvalue weighted by Gasteiger charge is 2.31. The predicted molar refractivity (Wildman–Crippen MR) is 84.8 cm³/mol. The van der Waals surface area contributed by atoms with Crippen molar-refractivity contribution in [1.29, 1.82) is 0 Å². The van der Waals surface area contributed by atoms with E-state index in [-0.39, 0.29) is 18.0 Å². The van der Waals surface area contributed by atoms with Crippen LogP contribution in [-0.2, 0) is 24.2 Å². The Morgan fingerprint density at radius 3 is 2.91 bits per heavy atom. The van der Waals surface area contributed by atoms with E-state index in [1.807, 2.05) is 0 Å². The van der Waals surface area contributed by atoms with Gasteiger partial charge in [0.25, 0.3) is 0 Å². The van der Waals surface area contributed by atoms with Gasteiger partial charge >= 0.3 is 6.03 Å². The Morgan fingerprint density at radius 2 is 2.23 bits per heavy atom. The number of amides is 3. The number of nitrogens with one attached hydrogen (secondary N) is 1. The van der Waals surface area contributed by atoms with Crippen molar-refractivity contribution < 1.29 is 9.59 Å². The van der Waals surface area contributed by atoms with Crippen molar-refractivity contribution in [2.75, 3.05) is 20.6 Å². The highest BCUT2D eigenvalue weighted by molar-refractivity contribution is 7.11. The molecule has 3 amide bonds. The lowest BCUT2D eigenvalue weighted by Crippen LogP contribution is -2.46. The van der Waals surface area contributed by atoms with Gasteiger partial charge in [0.1, 0.15) is 11.0 Å². The molecule has 1 aliphatic carbocycles. The number of likely N-dealkylation sites (N-methyl/N-ethyl adjacent to an activating group) is 1. The smallest absolute Gasteiger partial charge is 0.318 e. The molecule has 2 aliphatic rings. The maximum Gasteiger partial charge on any atom is 0.318 e. The molecule has 22 heavy (non-hydrogen) atoms. The minimum atomic E-state index is -0.385. The highest BCUT2D eigenvalue weighted by atomic mass is 32.1. The summed E-state index contributed by atoms with van der Waals surface area (Å²) in [6.45, 7) is 1.20. The van der Waals surface area contributed by atoms with Crippen LogP contribution in [0, 0.1) is 0 Å². The lowest BCUT2D eigenvalue weighted by Gasteiger charge is -2.19. The van der Waals surface area contributed by atoms with Crippen LogP contribution in [-0.4, -0.2) is 53.4 Å². The van der Waals surface area contributed by atoms with E-state index >= 15 is 0 Å². The summed E-state index contributed by atoms with van der Waals surface area (Å²) in [4.78, 5) is 33.3. The number of aromatic nitrogens is 1. The molecule has 7 heteroatoms. The maximum absolute atomic E-state index is 12.2. The molecule has 0 saturated carbocycles. The van der Waals surface area contributed by atoms with Crippen molar-refractivity contribution in [2.45, 2.75) is 44.7 Å². The molecule has 1 unspecified atom stereocenters. The molecule has 0 spiro atoms. The van der Waals surface area contributed by atoms with E-state index in [1.54, 1.807) is 35.2 Å². The third kappa shape index (κ3) is 3.09. The van der Waals surface area contributed by atoms with Crippen molar-refractivity contribution >= 4 is 23.3 Å². The van der Waals surface area contributed by atoms with Crippen molar-refractivity contribution in [3.05, 3.63) is 15.6 Å². The molecule has 1 atom stereocenters. The van der Waals surface area contributed by atoms with Gasteiger partial charge < -0.3 is 15.1 Å². The van der Waals surface area contributed by atoms with Crippen LogP contribution in [0.1, 0.15) is 34.8 Å². The molecule has 0 aromatic carbocycles. The van der Waals surface area contributed by atoms with E-state index in [2.05, 4.69) is 10.3 Å². The summed E-state index contributed by atoms with van der Waals surface area (Å²) < 4.78 is 0. The number of carbonyl (C=O) groups is 2. The SMILES string of the molecule is CN(Cc1nc2c(s1)CCCC2)C(=O)NC1CCN(C)C1=O. The number of hydrogen-bond acceptors (Lipinski definition) is 4. The number of hydrogen-bond donors (Lipinski definition) is 1. The Kier molecular flexibility index (Phi) is 4.33. The van der Waals surface area contributed by atoms with Gasteiger partial charge in [-0.3, -0.25) is 4.79 Å². The van der Waals surface area contributed by atoms with E-state index in [9.17, 15) is 9.59 Å². The molecule has 2 heterocycles. The lowest BCUT2D eigenvalue weighted by atomic mass is 10.0. The van der Waals surface area contributed by atoms with Gasteiger partial charge in [-0.1, -0.05) is 0 Å². The zero-order chi connectivity index (χ0) is 15.7. The minimum absolute atomic E-state index is 0.00790. The Morgan fingerprint density at radius 1 is 1.45 bits per heavy atom. The first-order chi connectivity index (χ1) is 10.5. The molecule has 6 nitrogen and oxygen atoms in total. The van der Waals surface area contributed by atoms with Crippen LogP contribution in [0.25, 0.3) is 0 Å². The number of rotatable bonds is 3. The van der Waals surface area contributed by atoms with Crippen LogP contribution >= 0.6 is 11.3 Å². The Bertz CT molecular complexity index is 563. The third-order valence-corrected chi connectivity index (χ3v) is 5.48. The maximum atomic E-state index is 12.2. The van der Waals surface area contributed by atoms with E-state index in [4.69, 9.17) is 0 Å². The molecular weight excluding hydrogens is 300 g/mol. The summed E-state index contributed by atoms with van der Waals surface area (Å²) in [5, 5.41) is 3.80. The van der Waals surface area contributed by atoms with E-state index in [1.165, 1.54) is 23.4 Å². The van der Waals surface area contributed by atoms with Crippen LogP contribution < -0.4 is 5.32 Å². The number of carbonyl (C=O) groups excluding carboxylic acids is 2. The summed E-state index contributed by atoms with van der Waals surface area (Å²) in [6.07, 6.45) is 5.31. The summed E-state index contributed by atoms with van der Waals surface area (Å²) in [7, 11) is 3.51. The van der Waals surface area contributed by atoms with Gasteiger partial charge in [-0.25, -0.2) is 9.78 Å². The molecular formula is C15H22N4O2S. The molecule has 1 N–H and O–H groups in total. The minimum Gasteiger partial charge on any atom is -0.344 e. The summed E-state index contributed by atoms with van der Waals surface area (Å²) in [6, 6.07) is -0.591. The van der Waals surface area contributed by atoms with E-state index < -0.39 is 0 Å². The average molecular weight is 322 g/mol. The van der Waals surface area contributed by atoms with E-state index in [0.29, 0.717) is 19.5 Å². The number of thiazole rings is 1. The molecule has 0 radical (unpaired) electrons. The fraction of sp³-hybridized carbons (Fsp3) is 0.667. The molecule has 1 aromatic rings. The number of nitrogens with zero attached hydrogens (tertiary/aromatic N) is 3. The molecule has 1 aliphatic heterocycles. The second kappa shape index (κ2) is 6.24. The lowest BCUT2D eigenvalue weighted by molar-refractivity contribution is -0.128. The van der Waals surface area contributed by atoms with Gasteiger partial charge in [-0.05, 0) is 32.1 Å². The fourth-order valence-electron chi connectivity index (χ4n) is 2.96. The Balaban J connectivity index is 1.57. The normalized spacial score (nSPS) is 20.9. The third-order valence-electron chi connectivity index (χ3n) is 4.33.